The number of thiol groups is 2. The highest BCUT2D eigenvalue weighted by Crippen LogP contribution is 2.33. The normalized spacial score (nSPS) is 19.1. The third-order valence-electron chi connectivity index (χ3n) is 5.04. The quantitative estimate of drug-likeness (QED) is 0.257. The van der Waals surface area contributed by atoms with Crippen LogP contribution in [0, 0.1) is 9.49 Å². The van der Waals surface area contributed by atoms with E-state index in [9.17, 15) is 4.79 Å². The monoisotopic (exact) mass is 539 g/mol. The number of halogens is 1. The molecule has 0 aromatic heterocycles. The lowest BCUT2D eigenvalue weighted by Crippen LogP contribution is -2.43. The predicted molar refractivity (Wildman–Crippen MR) is 129 cm³/mol. The number of nitrogens with one attached hydrogen (secondary N) is 2. The Kier molecular flexibility index (Phi) is 10.6. The molecule has 0 radical (unpaired) electrons. The van der Waals surface area contributed by atoms with Crippen LogP contribution in [0.3, 0.4) is 0 Å². The maximum absolute atomic E-state index is 12.7. The first kappa shape index (κ1) is 23.9. The summed E-state index contributed by atoms with van der Waals surface area (Å²) in [6.45, 7) is 4.48. The SMILES string of the molecule is COc1cc(I)cc(C(=O)NCC[C@@H]2CNC[C@@H]2N(CCS)CCS)c1OC. The van der Waals surface area contributed by atoms with Crippen molar-refractivity contribution in [2.24, 2.45) is 5.92 Å². The van der Waals surface area contributed by atoms with Gasteiger partial charge in [-0.1, -0.05) is 0 Å². The second kappa shape index (κ2) is 12.4. The van der Waals surface area contributed by atoms with Crippen molar-refractivity contribution < 1.29 is 14.3 Å². The lowest BCUT2D eigenvalue weighted by atomic mass is 9.98. The smallest absolute Gasteiger partial charge is 0.255 e. The first-order valence-electron chi connectivity index (χ1n) is 9.41. The summed E-state index contributed by atoms with van der Waals surface area (Å²) in [6, 6.07) is 4.13. The summed E-state index contributed by atoms with van der Waals surface area (Å²) in [5.41, 5.74) is 0.499. The van der Waals surface area contributed by atoms with Gasteiger partial charge in [-0.25, -0.2) is 0 Å². The van der Waals surface area contributed by atoms with Crippen molar-refractivity contribution in [1.29, 1.82) is 0 Å². The Morgan fingerprint density at radius 2 is 1.96 bits per heavy atom. The zero-order valence-electron chi connectivity index (χ0n) is 16.4. The molecular formula is C19H30IN3O3S2. The van der Waals surface area contributed by atoms with Crippen LogP contribution in [0.2, 0.25) is 0 Å². The second-order valence-electron chi connectivity index (χ2n) is 6.70. The molecule has 1 fully saturated rings. The first-order valence-corrected chi connectivity index (χ1v) is 11.8. The molecule has 6 nitrogen and oxygen atoms in total. The fourth-order valence-electron chi connectivity index (χ4n) is 3.71. The number of hydrogen-bond donors (Lipinski definition) is 4. The third-order valence-corrected chi connectivity index (χ3v) is 6.06. The maximum Gasteiger partial charge on any atom is 0.255 e. The molecule has 28 heavy (non-hydrogen) atoms. The minimum Gasteiger partial charge on any atom is -0.493 e. The van der Waals surface area contributed by atoms with E-state index in [0.29, 0.717) is 35.6 Å². The van der Waals surface area contributed by atoms with Crippen LogP contribution in [0.15, 0.2) is 12.1 Å². The van der Waals surface area contributed by atoms with Gasteiger partial charge in [0.2, 0.25) is 0 Å². The highest BCUT2D eigenvalue weighted by molar-refractivity contribution is 14.1. The Labute approximate surface area is 192 Å². The Bertz CT molecular complexity index is 645. The highest BCUT2D eigenvalue weighted by Gasteiger charge is 2.31. The number of nitrogens with zero attached hydrogens (tertiary/aromatic N) is 1. The molecule has 0 saturated carbocycles. The summed E-state index contributed by atoms with van der Waals surface area (Å²) in [7, 11) is 3.12. The molecule has 1 aliphatic rings. The van der Waals surface area contributed by atoms with E-state index in [1.54, 1.807) is 14.2 Å². The average Bonchev–Trinajstić information content (AvgIpc) is 3.15. The Hall–Kier alpha value is -0.360. The van der Waals surface area contributed by atoms with Crippen molar-refractivity contribution in [3.8, 4) is 11.5 Å². The van der Waals surface area contributed by atoms with Crippen LogP contribution in [-0.2, 0) is 0 Å². The van der Waals surface area contributed by atoms with E-state index >= 15 is 0 Å². The average molecular weight is 540 g/mol. The van der Waals surface area contributed by atoms with Crippen molar-refractivity contribution in [2.45, 2.75) is 12.5 Å². The number of rotatable bonds is 11. The lowest BCUT2D eigenvalue weighted by molar-refractivity contribution is 0.0945. The van der Waals surface area contributed by atoms with E-state index in [1.165, 1.54) is 0 Å². The van der Waals surface area contributed by atoms with Gasteiger partial charge in [-0.3, -0.25) is 9.69 Å². The molecule has 9 heteroatoms. The van der Waals surface area contributed by atoms with Crippen LogP contribution in [0.4, 0.5) is 0 Å². The van der Waals surface area contributed by atoms with Crippen molar-refractivity contribution in [2.75, 3.05) is 58.4 Å². The fraction of sp³-hybridized carbons (Fsp3) is 0.632. The largest absolute Gasteiger partial charge is 0.493 e. The van der Waals surface area contributed by atoms with Crippen molar-refractivity contribution in [3.05, 3.63) is 21.3 Å². The Morgan fingerprint density at radius 1 is 1.25 bits per heavy atom. The molecule has 2 atom stereocenters. The van der Waals surface area contributed by atoms with Gasteiger partial charge in [0.1, 0.15) is 0 Å². The van der Waals surface area contributed by atoms with E-state index in [4.69, 9.17) is 9.47 Å². The zero-order valence-corrected chi connectivity index (χ0v) is 20.4. The predicted octanol–water partition coefficient (Wildman–Crippen LogP) is 2.18. The number of hydrogen-bond acceptors (Lipinski definition) is 7. The summed E-state index contributed by atoms with van der Waals surface area (Å²) in [4.78, 5) is 15.2. The maximum atomic E-state index is 12.7. The molecule has 1 aliphatic heterocycles. The highest BCUT2D eigenvalue weighted by atomic mass is 127. The van der Waals surface area contributed by atoms with Gasteiger partial charge in [0.25, 0.3) is 5.91 Å². The molecule has 2 rings (SSSR count). The van der Waals surface area contributed by atoms with Gasteiger partial charge in [0.05, 0.1) is 19.8 Å². The minimum absolute atomic E-state index is 0.140. The van der Waals surface area contributed by atoms with Crippen LogP contribution in [0.1, 0.15) is 16.8 Å². The van der Waals surface area contributed by atoms with Crippen molar-refractivity contribution >= 4 is 53.8 Å². The molecule has 0 spiro atoms. The van der Waals surface area contributed by atoms with Crippen molar-refractivity contribution in [1.82, 2.24) is 15.5 Å². The molecule has 1 aromatic carbocycles. The number of amides is 1. The van der Waals surface area contributed by atoms with E-state index < -0.39 is 0 Å². The van der Waals surface area contributed by atoms with Gasteiger partial charge in [-0.15, -0.1) is 0 Å². The van der Waals surface area contributed by atoms with Gasteiger partial charge in [-0.2, -0.15) is 25.3 Å². The van der Waals surface area contributed by atoms with Gasteiger partial charge in [-0.05, 0) is 53.6 Å². The summed E-state index contributed by atoms with van der Waals surface area (Å²) in [6.07, 6.45) is 0.919. The second-order valence-corrected chi connectivity index (χ2v) is 8.84. The topological polar surface area (TPSA) is 62.8 Å². The Balaban J connectivity index is 1.97. The van der Waals surface area contributed by atoms with Crippen LogP contribution in [-0.4, -0.2) is 75.3 Å². The molecule has 1 saturated heterocycles. The number of carbonyl (C=O) groups is 1. The number of carbonyl (C=O) groups excluding carboxylic acids is 1. The van der Waals surface area contributed by atoms with Crippen molar-refractivity contribution in [3.63, 3.8) is 0 Å². The van der Waals surface area contributed by atoms with E-state index in [0.717, 1.165) is 47.7 Å². The van der Waals surface area contributed by atoms with Crippen LogP contribution < -0.4 is 20.1 Å². The summed E-state index contributed by atoms with van der Waals surface area (Å²) in [5, 5.41) is 6.54. The van der Waals surface area contributed by atoms with E-state index in [2.05, 4.69) is 63.4 Å². The van der Waals surface area contributed by atoms with Gasteiger partial charge in [0, 0.05) is 47.3 Å². The molecular weight excluding hydrogens is 509 g/mol. The number of benzene rings is 1. The van der Waals surface area contributed by atoms with Crippen LogP contribution in [0.25, 0.3) is 0 Å². The lowest BCUT2D eigenvalue weighted by Gasteiger charge is -2.31. The molecule has 1 amide bonds. The molecule has 0 unspecified atom stereocenters. The number of ether oxygens (including phenoxy) is 2. The molecule has 1 aromatic rings. The van der Waals surface area contributed by atoms with Gasteiger partial charge >= 0.3 is 0 Å². The minimum atomic E-state index is -0.140. The molecule has 0 aliphatic carbocycles. The summed E-state index contributed by atoms with van der Waals surface area (Å²) >= 11 is 11.0. The molecule has 0 bridgehead atoms. The summed E-state index contributed by atoms with van der Waals surface area (Å²) in [5.74, 6) is 3.05. The Morgan fingerprint density at radius 3 is 2.57 bits per heavy atom. The molecule has 2 N–H and O–H groups in total. The van der Waals surface area contributed by atoms with Gasteiger partial charge in [0.15, 0.2) is 11.5 Å². The summed E-state index contributed by atoms with van der Waals surface area (Å²) < 4.78 is 11.7. The first-order chi connectivity index (χ1) is 13.5. The van der Waals surface area contributed by atoms with Gasteiger partial charge < -0.3 is 20.1 Å². The molecule has 1 heterocycles. The molecule has 158 valence electrons. The zero-order chi connectivity index (χ0) is 20.5. The van der Waals surface area contributed by atoms with E-state index in [-0.39, 0.29) is 5.91 Å². The van der Waals surface area contributed by atoms with E-state index in [1.807, 2.05) is 12.1 Å². The number of methoxy groups -OCH3 is 2. The third kappa shape index (κ3) is 6.32. The van der Waals surface area contributed by atoms with Crippen LogP contribution >= 0.6 is 47.8 Å². The van der Waals surface area contributed by atoms with Crippen LogP contribution in [0.5, 0.6) is 11.5 Å². The standard InChI is InChI=1S/C19H30IN3O3S2/c1-25-17-10-14(20)9-15(18(17)26-2)19(24)22-4-3-13-11-21-12-16(13)23(5-7-27)6-8-28/h9-10,13,16,21,27-28H,3-8,11-12H2,1-2H3,(H,22,24)/t13-,16+/m1/s1. The fourth-order valence-corrected chi connectivity index (χ4v) is 4.82.